The Labute approximate surface area is 304 Å². The maximum Gasteiger partial charge on any atom is 0.338 e. The zero-order chi connectivity index (χ0) is 36.3. The van der Waals surface area contributed by atoms with Crippen molar-refractivity contribution in [1.29, 1.82) is 0 Å². The van der Waals surface area contributed by atoms with Gasteiger partial charge in [0.2, 0.25) is 0 Å². The molecule has 0 aliphatic carbocycles. The lowest BCUT2D eigenvalue weighted by atomic mass is 10.0. The first-order valence-corrected chi connectivity index (χ1v) is 19.7. The molecular formula is C43H52O7Si. The molecule has 0 amide bonds. The van der Waals surface area contributed by atoms with Gasteiger partial charge in [0.1, 0.15) is 18.0 Å². The number of hydrogen-bond donors (Lipinski definition) is 0. The highest BCUT2D eigenvalue weighted by molar-refractivity contribution is 6.99. The minimum Gasteiger partial charge on any atom is -0.497 e. The topological polar surface area (TPSA) is 72.5 Å². The Morgan fingerprint density at radius 2 is 1.41 bits per heavy atom. The van der Waals surface area contributed by atoms with E-state index in [4.69, 9.17) is 28.1 Å². The first-order chi connectivity index (χ1) is 24.5. The first-order valence-electron chi connectivity index (χ1n) is 17.8. The quantitative estimate of drug-likeness (QED) is 0.0508. The van der Waals surface area contributed by atoms with Gasteiger partial charge in [0.25, 0.3) is 8.32 Å². The van der Waals surface area contributed by atoms with Gasteiger partial charge in [-0.3, -0.25) is 0 Å². The highest BCUT2D eigenvalue weighted by atomic mass is 28.4. The molecule has 7 nitrogen and oxygen atoms in total. The van der Waals surface area contributed by atoms with Crippen molar-refractivity contribution in [2.45, 2.75) is 83.2 Å². The molecule has 0 saturated carbocycles. The van der Waals surface area contributed by atoms with E-state index in [1.807, 2.05) is 80.6 Å². The number of carbonyl (C=O) groups excluding carboxylic acids is 1. The largest absolute Gasteiger partial charge is 0.497 e. The maximum atomic E-state index is 13.4. The predicted molar refractivity (Wildman–Crippen MR) is 204 cm³/mol. The lowest BCUT2D eigenvalue weighted by molar-refractivity contribution is -0.153. The van der Waals surface area contributed by atoms with E-state index >= 15 is 0 Å². The second-order valence-corrected chi connectivity index (χ2v) is 18.6. The fraction of sp³-hybridized carbons (Fsp3) is 0.372. The van der Waals surface area contributed by atoms with Crippen LogP contribution in [0.25, 0.3) is 0 Å². The Hall–Kier alpha value is -4.05. The monoisotopic (exact) mass is 708 g/mol. The predicted octanol–water partition coefficient (Wildman–Crippen LogP) is 7.87. The van der Waals surface area contributed by atoms with Crippen LogP contribution in [-0.4, -0.2) is 58.7 Å². The lowest BCUT2D eigenvalue weighted by Gasteiger charge is -2.43. The van der Waals surface area contributed by atoms with Crippen LogP contribution >= 0.6 is 0 Å². The Bertz CT molecular complexity index is 1630. The summed E-state index contributed by atoms with van der Waals surface area (Å²) in [6, 6.07) is 38.1. The van der Waals surface area contributed by atoms with Gasteiger partial charge < -0.3 is 28.1 Å². The summed E-state index contributed by atoms with van der Waals surface area (Å²) >= 11 is 0. The summed E-state index contributed by atoms with van der Waals surface area (Å²) in [6.07, 6.45) is 3.45. The second-order valence-electron chi connectivity index (χ2n) is 14.3. The summed E-state index contributed by atoms with van der Waals surface area (Å²) in [6.45, 7) is 12.0. The maximum absolute atomic E-state index is 13.4. The lowest BCUT2D eigenvalue weighted by Crippen LogP contribution is -2.66. The standard InChI is InChI=1S/C43H52O7Si/c1-42(2,3)51(36-20-12-8-13-21-36,37-22-14-9-15-23-37)47-31-29-39-40(50-43(4,5)49-39)38(48-41(44)34-18-10-7-11-19-34)24-16-17-30-46-32-33-25-27-35(45-6)28-26-33/h7-16,18-28,38-40H,17,29-32H2,1-6H3/b24-16-/t38?,39-,40+/m0/s1. The third-order valence-electron chi connectivity index (χ3n) is 9.12. The fourth-order valence-electron chi connectivity index (χ4n) is 6.73. The Kier molecular flexibility index (Phi) is 13.1. The smallest absolute Gasteiger partial charge is 0.338 e. The van der Waals surface area contributed by atoms with Crippen LogP contribution in [0.2, 0.25) is 5.04 Å². The fourth-order valence-corrected chi connectivity index (χ4v) is 11.3. The first kappa shape index (κ1) is 38.2. The van der Waals surface area contributed by atoms with Crippen LogP contribution in [0.4, 0.5) is 0 Å². The van der Waals surface area contributed by atoms with Crippen molar-refractivity contribution in [2.75, 3.05) is 20.3 Å². The van der Waals surface area contributed by atoms with Crippen molar-refractivity contribution >= 4 is 24.7 Å². The molecule has 0 N–H and O–H groups in total. The number of hydrogen-bond acceptors (Lipinski definition) is 7. The molecule has 270 valence electrons. The van der Waals surface area contributed by atoms with Crippen LogP contribution in [0.5, 0.6) is 5.75 Å². The molecule has 1 fully saturated rings. The second kappa shape index (κ2) is 17.4. The van der Waals surface area contributed by atoms with Crippen LogP contribution in [0, 0.1) is 0 Å². The number of rotatable bonds is 16. The van der Waals surface area contributed by atoms with Gasteiger partial charge in [-0.25, -0.2) is 4.79 Å². The van der Waals surface area contributed by atoms with Crippen molar-refractivity contribution in [2.24, 2.45) is 0 Å². The van der Waals surface area contributed by atoms with Gasteiger partial charge in [0.15, 0.2) is 5.79 Å². The van der Waals surface area contributed by atoms with E-state index in [9.17, 15) is 4.79 Å². The van der Waals surface area contributed by atoms with Crippen molar-refractivity contribution < 1.29 is 32.9 Å². The van der Waals surface area contributed by atoms with Gasteiger partial charge in [0.05, 0.1) is 32.0 Å². The van der Waals surface area contributed by atoms with Crippen LogP contribution in [0.15, 0.2) is 127 Å². The number of benzene rings is 4. The molecular weight excluding hydrogens is 657 g/mol. The Balaban J connectivity index is 1.33. The molecule has 0 spiro atoms. The third-order valence-corrected chi connectivity index (χ3v) is 14.2. The molecule has 4 aromatic carbocycles. The molecule has 1 aliphatic heterocycles. The molecule has 1 aliphatic rings. The number of esters is 1. The van der Waals surface area contributed by atoms with Crippen molar-refractivity contribution in [3.63, 3.8) is 0 Å². The van der Waals surface area contributed by atoms with E-state index in [-0.39, 0.29) is 11.1 Å². The molecule has 4 aromatic rings. The van der Waals surface area contributed by atoms with Crippen LogP contribution in [0.1, 0.15) is 63.4 Å². The van der Waals surface area contributed by atoms with Crippen LogP contribution in [-0.2, 0) is 30.0 Å². The van der Waals surface area contributed by atoms with Crippen molar-refractivity contribution in [3.05, 3.63) is 139 Å². The SMILES string of the molecule is COc1ccc(COCC/C=C\C(OC(=O)c2ccccc2)[C@H]2OC(C)(C)O[C@H]2CCO[Si](c2ccccc2)(c2ccccc2)C(C)(C)C)cc1. The summed E-state index contributed by atoms with van der Waals surface area (Å²) in [7, 11) is -1.10. The molecule has 8 heteroatoms. The molecule has 3 atom stereocenters. The highest BCUT2D eigenvalue weighted by Gasteiger charge is 2.51. The molecule has 0 aromatic heterocycles. The molecule has 0 bridgehead atoms. The van der Waals surface area contributed by atoms with Crippen LogP contribution in [0.3, 0.4) is 0 Å². The average molecular weight is 709 g/mol. The number of methoxy groups -OCH3 is 1. The van der Waals surface area contributed by atoms with Crippen molar-refractivity contribution in [1.82, 2.24) is 0 Å². The summed E-state index contributed by atoms with van der Waals surface area (Å²) in [5, 5.41) is 2.28. The summed E-state index contributed by atoms with van der Waals surface area (Å²) in [4.78, 5) is 13.4. The normalized spacial score (nSPS) is 18.1. The van der Waals surface area contributed by atoms with Gasteiger partial charge >= 0.3 is 5.97 Å². The third kappa shape index (κ3) is 9.84. The van der Waals surface area contributed by atoms with Gasteiger partial charge in [-0.15, -0.1) is 0 Å². The Morgan fingerprint density at radius 3 is 1.98 bits per heavy atom. The minimum atomic E-state index is -2.76. The molecule has 0 radical (unpaired) electrons. The van der Waals surface area contributed by atoms with E-state index in [0.717, 1.165) is 11.3 Å². The zero-order valence-corrected chi connectivity index (χ0v) is 31.7. The molecule has 5 rings (SSSR count). The van der Waals surface area contributed by atoms with E-state index in [0.29, 0.717) is 38.2 Å². The summed E-state index contributed by atoms with van der Waals surface area (Å²) in [5.41, 5.74) is 1.54. The highest BCUT2D eigenvalue weighted by Crippen LogP contribution is 2.38. The van der Waals surface area contributed by atoms with Crippen molar-refractivity contribution in [3.8, 4) is 5.75 Å². The summed E-state index contributed by atoms with van der Waals surface area (Å²) < 4.78 is 37.5. The average Bonchev–Trinajstić information content (AvgIpc) is 3.45. The minimum absolute atomic E-state index is 0.159. The van der Waals surface area contributed by atoms with E-state index < -0.39 is 32.3 Å². The van der Waals surface area contributed by atoms with Gasteiger partial charge in [-0.1, -0.05) is 118 Å². The van der Waals surface area contributed by atoms with Gasteiger partial charge in [-0.05, 0) is 78.0 Å². The molecule has 1 unspecified atom stereocenters. The van der Waals surface area contributed by atoms with Crippen LogP contribution < -0.4 is 15.1 Å². The van der Waals surface area contributed by atoms with E-state index in [1.165, 1.54) is 10.4 Å². The van der Waals surface area contributed by atoms with E-state index in [2.05, 4.69) is 69.3 Å². The Morgan fingerprint density at radius 1 is 0.824 bits per heavy atom. The van der Waals surface area contributed by atoms with Gasteiger partial charge in [-0.2, -0.15) is 0 Å². The molecule has 51 heavy (non-hydrogen) atoms. The van der Waals surface area contributed by atoms with Gasteiger partial charge in [0, 0.05) is 6.61 Å². The number of carbonyl (C=O) groups is 1. The number of ether oxygens (including phenoxy) is 5. The zero-order valence-electron chi connectivity index (χ0n) is 30.7. The summed E-state index contributed by atoms with van der Waals surface area (Å²) in [5.74, 6) is -0.483. The van der Waals surface area contributed by atoms with E-state index in [1.54, 1.807) is 19.2 Å². The molecule has 1 heterocycles. The molecule has 1 saturated heterocycles.